The monoisotopic (exact) mass is 205 g/mol. The van der Waals surface area contributed by atoms with Crippen molar-refractivity contribution in [3.05, 3.63) is 0 Å². The Morgan fingerprint density at radius 2 is 2.50 bits per heavy atom. The van der Waals surface area contributed by atoms with Crippen LogP contribution in [-0.2, 0) is 9.53 Å². The molecule has 0 aromatic heterocycles. The van der Waals surface area contributed by atoms with Crippen LogP contribution in [0.2, 0.25) is 0 Å². The minimum atomic E-state index is -0.472. The molecule has 5 heteroatoms. The number of thioether (sulfide) groups is 1. The molecule has 0 saturated heterocycles. The largest absolute Gasteiger partial charge is 0.467 e. The van der Waals surface area contributed by atoms with E-state index < -0.39 is 6.04 Å². The molecule has 0 aliphatic carbocycles. The van der Waals surface area contributed by atoms with Crippen LogP contribution in [0.25, 0.3) is 0 Å². The summed E-state index contributed by atoms with van der Waals surface area (Å²) >= 11 is 6.07. The number of hydrogen-bond donors (Lipinski definition) is 0. The van der Waals surface area contributed by atoms with E-state index in [1.54, 1.807) is 11.8 Å². The number of carbonyl (C=O) groups excluding carboxylic acids is 1. The smallest absolute Gasteiger partial charge is 0.331 e. The number of hydrogen-bond acceptors (Lipinski definition) is 5. The van der Waals surface area contributed by atoms with Gasteiger partial charge >= 0.3 is 5.97 Å². The fourth-order valence-corrected chi connectivity index (χ4v) is 1.25. The number of thiocarbonyl (C=S) groups is 1. The van der Waals surface area contributed by atoms with E-state index in [1.165, 1.54) is 7.11 Å². The lowest BCUT2D eigenvalue weighted by Crippen LogP contribution is -2.20. The Morgan fingerprint density at radius 1 is 1.83 bits per heavy atom. The Hall–Kier alpha value is -0.380. The zero-order valence-electron chi connectivity index (χ0n) is 7.07. The minimum absolute atomic E-state index is 0.346. The summed E-state index contributed by atoms with van der Waals surface area (Å²) in [4.78, 5) is 14.7. The third kappa shape index (κ3) is 4.49. The molecule has 0 heterocycles. The van der Waals surface area contributed by atoms with Crippen molar-refractivity contribution in [3.8, 4) is 0 Å². The maximum atomic E-state index is 11.0. The summed E-state index contributed by atoms with van der Waals surface area (Å²) in [5, 5.41) is 2.19. The van der Waals surface area contributed by atoms with Crippen LogP contribution in [0.5, 0.6) is 0 Å². The van der Waals surface area contributed by atoms with Crippen LogP contribution >= 0.6 is 24.0 Å². The van der Waals surface area contributed by atoms with Crippen LogP contribution in [0.1, 0.15) is 6.42 Å². The van der Waals surface area contributed by atoms with E-state index in [0.29, 0.717) is 6.42 Å². The van der Waals surface area contributed by atoms with Gasteiger partial charge in [-0.2, -0.15) is 11.8 Å². The van der Waals surface area contributed by atoms with E-state index in [0.717, 1.165) is 5.75 Å². The predicted octanol–water partition coefficient (Wildman–Crippen LogP) is 1.38. The van der Waals surface area contributed by atoms with Crippen molar-refractivity contribution in [2.75, 3.05) is 19.1 Å². The van der Waals surface area contributed by atoms with E-state index in [9.17, 15) is 4.79 Å². The average molecular weight is 205 g/mol. The second kappa shape index (κ2) is 7.28. The van der Waals surface area contributed by atoms with Gasteiger partial charge in [0.25, 0.3) is 0 Å². The number of nitrogens with zero attached hydrogens (tertiary/aromatic N) is 1. The Labute approximate surface area is 81.6 Å². The fourth-order valence-electron chi connectivity index (χ4n) is 0.664. The molecule has 0 saturated carbocycles. The minimum Gasteiger partial charge on any atom is -0.467 e. The fraction of sp³-hybridized carbons (Fsp3) is 0.714. The molecule has 0 spiro atoms. The summed E-state index contributed by atoms with van der Waals surface area (Å²) in [6.45, 7) is 0. The predicted molar refractivity (Wildman–Crippen MR) is 53.8 cm³/mol. The Kier molecular flexibility index (Phi) is 7.05. The molecule has 12 heavy (non-hydrogen) atoms. The van der Waals surface area contributed by atoms with Gasteiger partial charge in [-0.25, -0.2) is 9.79 Å². The molecule has 0 radical (unpaired) electrons. The van der Waals surface area contributed by atoms with Gasteiger partial charge in [0.15, 0.2) is 6.04 Å². The second-order valence-electron chi connectivity index (χ2n) is 2.04. The first-order chi connectivity index (χ1) is 5.76. The van der Waals surface area contributed by atoms with Crippen molar-refractivity contribution in [2.24, 2.45) is 4.99 Å². The van der Waals surface area contributed by atoms with Crippen molar-refractivity contribution < 1.29 is 9.53 Å². The van der Waals surface area contributed by atoms with Gasteiger partial charge in [0.2, 0.25) is 0 Å². The summed E-state index contributed by atoms with van der Waals surface area (Å²) in [5.74, 6) is 0.515. The van der Waals surface area contributed by atoms with E-state index >= 15 is 0 Å². The highest BCUT2D eigenvalue weighted by molar-refractivity contribution is 7.98. The lowest BCUT2D eigenvalue weighted by Gasteiger charge is -2.06. The maximum absolute atomic E-state index is 11.0. The van der Waals surface area contributed by atoms with E-state index in [-0.39, 0.29) is 5.97 Å². The van der Waals surface area contributed by atoms with Crippen LogP contribution < -0.4 is 0 Å². The summed E-state index contributed by atoms with van der Waals surface area (Å²) in [6, 6.07) is -0.472. The normalized spacial score (nSPS) is 11.5. The van der Waals surface area contributed by atoms with Gasteiger partial charge in [0, 0.05) is 0 Å². The quantitative estimate of drug-likeness (QED) is 0.386. The highest BCUT2D eigenvalue weighted by Gasteiger charge is 2.16. The van der Waals surface area contributed by atoms with Gasteiger partial charge in [-0.1, -0.05) is 0 Å². The summed E-state index contributed by atoms with van der Waals surface area (Å²) in [7, 11) is 1.34. The van der Waals surface area contributed by atoms with Crippen molar-refractivity contribution in [2.45, 2.75) is 12.5 Å². The van der Waals surface area contributed by atoms with Crippen LogP contribution in [-0.4, -0.2) is 36.3 Å². The van der Waals surface area contributed by atoms with Gasteiger partial charge in [-0.05, 0) is 30.6 Å². The molecule has 0 aromatic rings. The van der Waals surface area contributed by atoms with Crippen molar-refractivity contribution >= 4 is 35.1 Å². The molecule has 0 fully saturated rings. The lowest BCUT2D eigenvalue weighted by atomic mass is 10.2. The first-order valence-electron chi connectivity index (χ1n) is 3.40. The van der Waals surface area contributed by atoms with Crippen LogP contribution in [0.4, 0.5) is 0 Å². The number of esters is 1. The molecule has 0 aliphatic heterocycles. The van der Waals surface area contributed by atoms with Gasteiger partial charge in [0.1, 0.15) is 0 Å². The van der Waals surface area contributed by atoms with Crippen molar-refractivity contribution in [1.82, 2.24) is 0 Å². The highest BCUT2D eigenvalue weighted by Crippen LogP contribution is 2.05. The van der Waals surface area contributed by atoms with Crippen molar-refractivity contribution in [1.29, 1.82) is 0 Å². The van der Waals surface area contributed by atoms with E-state index in [1.807, 2.05) is 6.26 Å². The molecule has 68 valence electrons. The number of isothiocyanates is 1. The molecule has 0 amide bonds. The molecule has 0 rings (SSSR count). The molecule has 1 unspecified atom stereocenters. The molecule has 0 aromatic carbocycles. The Balaban J connectivity index is 4.03. The topological polar surface area (TPSA) is 38.7 Å². The Morgan fingerprint density at radius 3 is 2.92 bits per heavy atom. The second-order valence-corrected chi connectivity index (χ2v) is 3.21. The Bertz CT molecular complexity index is 190. The molecule has 0 bridgehead atoms. The molecule has 3 nitrogen and oxygen atoms in total. The number of ether oxygens (including phenoxy) is 1. The van der Waals surface area contributed by atoms with Gasteiger partial charge in [-0.3, -0.25) is 0 Å². The number of aliphatic imine (C=N–C) groups is 1. The zero-order chi connectivity index (χ0) is 9.40. The first kappa shape index (κ1) is 11.6. The molecule has 0 N–H and O–H groups in total. The summed E-state index contributed by atoms with van der Waals surface area (Å²) < 4.78 is 4.53. The highest BCUT2D eigenvalue weighted by atomic mass is 32.2. The van der Waals surface area contributed by atoms with Crippen LogP contribution in [0.3, 0.4) is 0 Å². The average Bonchev–Trinajstić information content (AvgIpc) is 2.11. The van der Waals surface area contributed by atoms with Gasteiger partial charge < -0.3 is 4.74 Å². The number of carbonyl (C=O) groups is 1. The first-order valence-corrected chi connectivity index (χ1v) is 5.20. The van der Waals surface area contributed by atoms with Gasteiger partial charge in [0.05, 0.1) is 12.3 Å². The van der Waals surface area contributed by atoms with E-state index in [2.05, 4.69) is 27.1 Å². The van der Waals surface area contributed by atoms with E-state index in [4.69, 9.17) is 0 Å². The number of methoxy groups -OCH3 is 1. The van der Waals surface area contributed by atoms with Crippen LogP contribution in [0.15, 0.2) is 4.99 Å². The molecular formula is C7H11NO2S2. The van der Waals surface area contributed by atoms with Crippen molar-refractivity contribution in [3.63, 3.8) is 0 Å². The number of rotatable bonds is 5. The molecular weight excluding hydrogens is 194 g/mol. The zero-order valence-corrected chi connectivity index (χ0v) is 8.70. The third-order valence-corrected chi connectivity index (χ3v) is 2.03. The maximum Gasteiger partial charge on any atom is 0.331 e. The molecule has 1 atom stereocenters. The van der Waals surface area contributed by atoms with Gasteiger partial charge in [-0.15, -0.1) is 0 Å². The SMILES string of the molecule is COC(=O)C(CCSC)N=C=S. The summed E-state index contributed by atoms with van der Waals surface area (Å²) in [6.07, 6.45) is 2.62. The summed E-state index contributed by atoms with van der Waals surface area (Å²) in [5.41, 5.74) is 0. The van der Waals surface area contributed by atoms with Crippen LogP contribution in [0, 0.1) is 0 Å². The third-order valence-electron chi connectivity index (χ3n) is 1.28. The standard InChI is InChI=1S/C7H11NO2S2/c1-10-7(9)6(8-5-11)3-4-12-2/h6H,3-4H2,1-2H3. The lowest BCUT2D eigenvalue weighted by molar-refractivity contribution is -0.142. The molecule has 0 aliphatic rings.